The Morgan fingerprint density at radius 3 is 2.00 bits per heavy atom. The van der Waals surface area contributed by atoms with E-state index >= 15 is 0 Å². The van der Waals surface area contributed by atoms with Crippen LogP contribution >= 0.6 is 11.8 Å². The minimum atomic E-state index is -3.66. The van der Waals surface area contributed by atoms with Crippen LogP contribution < -0.4 is 23.7 Å². The quantitative estimate of drug-likeness (QED) is 0.162. The largest absolute Gasteiger partial charge is 0.508 e. The van der Waals surface area contributed by atoms with E-state index in [-0.39, 0.29) is 41.0 Å². The Morgan fingerprint density at radius 2 is 1.45 bits per heavy atom. The van der Waals surface area contributed by atoms with Gasteiger partial charge in [-0.3, -0.25) is 0 Å². The van der Waals surface area contributed by atoms with Crippen LogP contribution in [0, 0.1) is 0 Å². The second-order valence-corrected chi connectivity index (χ2v) is 13.0. The maximum atomic E-state index is 13.4. The summed E-state index contributed by atoms with van der Waals surface area (Å²) in [6.45, 7) is 2.07. The summed E-state index contributed by atoms with van der Waals surface area (Å²) in [6.07, 6.45) is 1.25. The van der Waals surface area contributed by atoms with Gasteiger partial charge in [0.1, 0.15) is 10.6 Å². The molecule has 1 saturated heterocycles. The Morgan fingerprint density at radius 1 is 0.857 bits per heavy atom. The molecule has 9 nitrogen and oxygen atoms in total. The number of methoxy groups -OCH3 is 4. The summed E-state index contributed by atoms with van der Waals surface area (Å²) in [5, 5.41) is 9.70. The van der Waals surface area contributed by atoms with Gasteiger partial charge in [-0.15, -0.1) is 11.8 Å². The molecule has 1 aliphatic heterocycles. The molecule has 1 fully saturated rings. The summed E-state index contributed by atoms with van der Waals surface area (Å²) in [6, 6.07) is 14.1. The molecule has 0 aliphatic carbocycles. The number of hydrogen-bond acceptors (Lipinski definition) is 10. The first-order chi connectivity index (χ1) is 20.2. The highest BCUT2D eigenvalue weighted by atomic mass is 32.2. The number of sulfone groups is 1. The fourth-order valence-corrected chi connectivity index (χ4v) is 7.27. The fourth-order valence-electron chi connectivity index (χ4n) is 4.98. The SMILES string of the molecule is CCCS(=O)(=O)c1cc(C2CCC(c3cc(OC)c(OC)c(OC)c3)O2)cc(OC)c1OCCSc1cccc(O)c1. The Bertz CT molecular complexity index is 1450. The van der Waals surface area contributed by atoms with Crippen LogP contribution in [0.3, 0.4) is 0 Å². The first-order valence-corrected chi connectivity index (χ1v) is 16.3. The van der Waals surface area contributed by atoms with Gasteiger partial charge >= 0.3 is 0 Å². The highest BCUT2D eigenvalue weighted by Gasteiger charge is 2.32. The summed E-state index contributed by atoms with van der Waals surface area (Å²) in [4.78, 5) is 0.987. The molecule has 3 aromatic rings. The molecule has 0 aromatic heterocycles. The smallest absolute Gasteiger partial charge is 0.203 e. The lowest BCUT2D eigenvalue weighted by molar-refractivity contribution is 0.0435. The van der Waals surface area contributed by atoms with Gasteiger partial charge in [-0.2, -0.15) is 0 Å². The summed E-state index contributed by atoms with van der Waals surface area (Å²) >= 11 is 1.50. The van der Waals surface area contributed by atoms with Gasteiger partial charge in [-0.05, 0) is 72.9 Å². The fraction of sp³-hybridized carbons (Fsp3) is 0.419. The van der Waals surface area contributed by atoms with Crippen molar-refractivity contribution in [3.8, 4) is 34.5 Å². The van der Waals surface area contributed by atoms with E-state index in [9.17, 15) is 13.5 Å². The highest BCUT2D eigenvalue weighted by molar-refractivity contribution is 7.99. The van der Waals surface area contributed by atoms with Crippen molar-refractivity contribution in [1.29, 1.82) is 0 Å². The topological polar surface area (TPSA) is 110 Å². The third-order valence-corrected chi connectivity index (χ3v) is 9.81. The molecule has 1 N–H and O–H groups in total. The Balaban J connectivity index is 1.59. The standard InChI is InChI=1S/C31H38O9S2/c1-6-14-42(33,34)29-18-21(17-28(37-4)31(29)39-12-13-41-23-9-7-8-22(32)19-23)25-11-10-24(40-25)20-15-26(35-2)30(38-5)27(16-20)36-3/h7-9,15-19,24-25,32H,6,10-14H2,1-5H3. The van der Waals surface area contributed by atoms with E-state index in [1.54, 1.807) is 51.7 Å². The molecule has 1 heterocycles. The lowest BCUT2D eigenvalue weighted by atomic mass is 10.0. The minimum Gasteiger partial charge on any atom is -0.508 e. The molecule has 0 amide bonds. The molecule has 0 saturated carbocycles. The molecule has 2 atom stereocenters. The normalized spacial score (nSPS) is 16.7. The van der Waals surface area contributed by atoms with Crippen molar-refractivity contribution in [2.75, 3.05) is 46.6 Å². The van der Waals surface area contributed by atoms with Crippen LogP contribution in [0.25, 0.3) is 0 Å². The van der Waals surface area contributed by atoms with Gasteiger partial charge in [0.25, 0.3) is 0 Å². The maximum absolute atomic E-state index is 13.4. The molecule has 1 aliphatic rings. The number of benzene rings is 3. The van der Waals surface area contributed by atoms with E-state index in [4.69, 9.17) is 28.4 Å². The average molecular weight is 619 g/mol. The number of rotatable bonds is 14. The third-order valence-electron chi connectivity index (χ3n) is 6.94. The van der Waals surface area contributed by atoms with Gasteiger partial charge in [0.15, 0.2) is 32.8 Å². The molecule has 4 rings (SSSR count). The lowest BCUT2D eigenvalue weighted by Gasteiger charge is -2.21. The van der Waals surface area contributed by atoms with E-state index in [1.165, 1.54) is 18.9 Å². The number of aromatic hydroxyl groups is 1. The van der Waals surface area contributed by atoms with Crippen molar-refractivity contribution < 1.29 is 41.9 Å². The molecule has 0 bridgehead atoms. The predicted octanol–water partition coefficient (Wildman–Crippen LogP) is 6.37. The van der Waals surface area contributed by atoms with Gasteiger partial charge in [-0.25, -0.2) is 8.42 Å². The Kier molecular flexibility index (Phi) is 10.7. The Labute approximate surface area is 252 Å². The van der Waals surface area contributed by atoms with Crippen molar-refractivity contribution in [1.82, 2.24) is 0 Å². The van der Waals surface area contributed by atoms with Crippen molar-refractivity contribution in [2.45, 2.75) is 48.2 Å². The van der Waals surface area contributed by atoms with Crippen LogP contribution in [0.1, 0.15) is 49.5 Å². The second kappa shape index (κ2) is 14.3. The zero-order valence-electron chi connectivity index (χ0n) is 24.5. The minimum absolute atomic E-state index is 0.0202. The van der Waals surface area contributed by atoms with Crippen LogP contribution in [0.5, 0.6) is 34.5 Å². The number of thioether (sulfide) groups is 1. The molecule has 42 heavy (non-hydrogen) atoms. The third kappa shape index (κ3) is 7.19. The molecule has 2 unspecified atom stereocenters. The van der Waals surface area contributed by atoms with Crippen LogP contribution in [0.15, 0.2) is 58.3 Å². The maximum Gasteiger partial charge on any atom is 0.203 e. The monoisotopic (exact) mass is 618 g/mol. The molecule has 3 aromatic carbocycles. The first kappa shape index (κ1) is 31.7. The first-order valence-electron chi connectivity index (χ1n) is 13.7. The van der Waals surface area contributed by atoms with Gasteiger partial charge < -0.3 is 33.5 Å². The van der Waals surface area contributed by atoms with E-state index in [0.717, 1.165) is 10.5 Å². The zero-order valence-corrected chi connectivity index (χ0v) is 26.2. The van der Waals surface area contributed by atoms with E-state index in [2.05, 4.69) is 0 Å². The second-order valence-electron chi connectivity index (χ2n) is 9.71. The Hall–Kier alpha value is -3.28. The molecular formula is C31H38O9S2. The van der Waals surface area contributed by atoms with Crippen LogP contribution in [-0.2, 0) is 14.6 Å². The van der Waals surface area contributed by atoms with E-state index in [0.29, 0.717) is 53.6 Å². The van der Waals surface area contributed by atoms with E-state index in [1.807, 2.05) is 25.1 Å². The van der Waals surface area contributed by atoms with Crippen LogP contribution in [0.4, 0.5) is 0 Å². The summed E-state index contributed by atoms with van der Waals surface area (Å²) in [7, 11) is 2.53. The van der Waals surface area contributed by atoms with Gasteiger partial charge in [0.05, 0.1) is 53.0 Å². The summed E-state index contributed by atoms with van der Waals surface area (Å²) < 4.78 is 61.5. The van der Waals surface area contributed by atoms with E-state index < -0.39 is 9.84 Å². The summed E-state index contributed by atoms with van der Waals surface area (Å²) in [5.74, 6) is 2.83. The van der Waals surface area contributed by atoms with Crippen molar-refractivity contribution in [3.05, 3.63) is 59.7 Å². The number of phenolic OH excluding ortho intramolecular Hbond substituents is 1. The number of phenols is 1. The van der Waals surface area contributed by atoms with Gasteiger partial charge in [0.2, 0.25) is 5.75 Å². The predicted molar refractivity (Wildman–Crippen MR) is 162 cm³/mol. The molecule has 228 valence electrons. The zero-order chi connectivity index (χ0) is 30.3. The van der Waals surface area contributed by atoms with Crippen LogP contribution in [0.2, 0.25) is 0 Å². The van der Waals surface area contributed by atoms with Gasteiger partial charge in [-0.1, -0.05) is 13.0 Å². The van der Waals surface area contributed by atoms with Crippen molar-refractivity contribution in [2.24, 2.45) is 0 Å². The van der Waals surface area contributed by atoms with Gasteiger partial charge in [0, 0.05) is 10.6 Å². The molecule has 0 spiro atoms. The number of ether oxygens (including phenoxy) is 6. The lowest BCUT2D eigenvalue weighted by Crippen LogP contribution is -2.12. The average Bonchev–Trinajstić information content (AvgIpc) is 3.48. The highest BCUT2D eigenvalue weighted by Crippen LogP contribution is 2.48. The van der Waals surface area contributed by atoms with Crippen molar-refractivity contribution in [3.63, 3.8) is 0 Å². The molecular weight excluding hydrogens is 580 g/mol. The van der Waals surface area contributed by atoms with Crippen molar-refractivity contribution >= 4 is 21.6 Å². The summed E-state index contributed by atoms with van der Waals surface area (Å²) in [5.41, 5.74) is 1.58. The number of hydrogen-bond donors (Lipinski definition) is 1. The van der Waals surface area contributed by atoms with Crippen LogP contribution in [-0.4, -0.2) is 60.1 Å². The molecule has 11 heteroatoms. The molecule has 0 radical (unpaired) electrons.